The molecule has 260 valence electrons. The van der Waals surface area contributed by atoms with E-state index in [1.54, 1.807) is 0 Å². The summed E-state index contributed by atoms with van der Waals surface area (Å²) in [5.41, 5.74) is 12.8. The third-order valence-electron chi connectivity index (χ3n) is 11.6. The van der Waals surface area contributed by atoms with E-state index in [1.807, 2.05) is 24.3 Å². The zero-order valence-corrected chi connectivity index (χ0v) is 30.3. The summed E-state index contributed by atoms with van der Waals surface area (Å²) in [6.07, 6.45) is 0. The monoisotopic (exact) mass is 712 g/mol. The molecule has 0 N–H and O–H groups in total. The lowest BCUT2D eigenvalue weighted by atomic mass is 9.87. The van der Waals surface area contributed by atoms with Gasteiger partial charge < -0.3 is 8.83 Å². The number of furan rings is 2. The number of benzene rings is 10. The first-order chi connectivity index (χ1) is 27.8. The molecule has 0 radical (unpaired) electrons. The molecular weight excluding hydrogens is 681 g/mol. The third kappa shape index (κ3) is 4.63. The van der Waals surface area contributed by atoms with Crippen LogP contribution in [0, 0.1) is 0 Å². The SMILES string of the molecule is c1cc(-c2cccc3ccccc23)cc(-c2cccc3c(-c4cccc(-c5cc6c7ccccc7oc6c6c5oc5ccccc56)c4)c4ccccc4cc23)c1. The summed E-state index contributed by atoms with van der Waals surface area (Å²) >= 11 is 0. The maximum atomic E-state index is 6.70. The Morgan fingerprint density at radius 2 is 0.786 bits per heavy atom. The molecule has 56 heavy (non-hydrogen) atoms. The highest BCUT2D eigenvalue weighted by atomic mass is 16.3. The van der Waals surface area contributed by atoms with Crippen LogP contribution in [0.4, 0.5) is 0 Å². The van der Waals surface area contributed by atoms with Gasteiger partial charge in [0, 0.05) is 21.7 Å². The molecule has 0 aliphatic carbocycles. The van der Waals surface area contributed by atoms with E-state index in [9.17, 15) is 0 Å². The Kier molecular flexibility index (Phi) is 6.66. The lowest BCUT2D eigenvalue weighted by Gasteiger charge is -2.16. The minimum Gasteiger partial charge on any atom is -0.455 e. The highest BCUT2D eigenvalue weighted by molar-refractivity contribution is 6.25. The standard InChI is InChI=1S/C54H32O2/c1-3-20-39-33(13-1)15-11-24-40(39)34-16-9-17-35(29-34)41-25-12-26-44-47(41)31-37-14-2-4-21-42(37)51(44)38-19-10-18-36(30-38)46-32-48-43-22-5-7-27-49(43)55-54(48)52-45-23-6-8-28-50(45)56-53(46)52/h1-32H. The van der Waals surface area contributed by atoms with Gasteiger partial charge in [0.1, 0.15) is 22.3 Å². The maximum absolute atomic E-state index is 6.70. The molecule has 0 saturated carbocycles. The molecule has 0 aliphatic rings. The Hall–Kier alpha value is -7.42. The quantitative estimate of drug-likeness (QED) is 0.170. The second-order valence-electron chi connectivity index (χ2n) is 14.8. The smallest absolute Gasteiger partial charge is 0.147 e. The molecule has 0 fully saturated rings. The molecule has 12 aromatic rings. The molecule has 12 rings (SSSR count). The van der Waals surface area contributed by atoms with E-state index in [1.165, 1.54) is 60.1 Å². The third-order valence-corrected chi connectivity index (χ3v) is 11.6. The van der Waals surface area contributed by atoms with Crippen molar-refractivity contribution < 1.29 is 8.83 Å². The summed E-state index contributed by atoms with van der Waals surface area (Å²) in [4.78, 5) is 0. The maximum Gasteiger partial charge on any atom is 0.147 e. The molecule has 2 nitrogen and oxygen atoms in total. The van der Waals surface area contributed by atoms with Crippen LogP contribution in [-0.2, 0) is 0 Å². The van der Waals surface area contributed by atoms with Crippen LogP contribution in [0.25, 0.3) is 121 Å². The lowest BCUT2D eigenvalue weighted by Crippen LogP contribution is -1.90. The summed E-state index contributed by atoms with van der Waals surface area (Å²) < 4.78 is 13.2. The number of rotatable bonds is 4. The van der Waals surface area contributed by atoms with Crippen LogP contribution >= 0.6 is 0 Å². The lowest BCUT2D eigenvalue weighted by molar-refractivity contribution is 0.663. The Morgan fingerprint density at radius 1 is 0.268 bits per heavy atom. The van der Waals surface area contributed by atoms with Crippen LogP contribution in [0.1, 0.15) is 0 Å². The van der Waals surface area contributed by atoms with E-state index < -0.39 is 0 Å². The van der Waals surface area contributed by atoms with Gasteiger partial charge in [0.25, 0.3) is 0 Å². The predicted molar refractivity (Wildman–Crippen MR) is 235 cm³/mol. The van der Waals surface area contributed by atoms with E-state index in [4.69, 9.17) is 8.83 Å². The van der Waals surface area contributed by atoms with Crippen molar-refractivity contribution in [2.75, 3.05) is 0 Å². The van der Waals surface area contributed by atoms with Crippen molar-refractivity contribution in [2.45, 2.75) is 0 Å². The molecule has 0 amide bonds. The van der Waals surface area contributed by atoms with Crippen molar-refractivity contribution in [1.82, 2.24) is 0 Å². The Bertz CT molecular complexity index is 3540. The minimum absolute atomic E-state index is 0.839. The van der Waals surface area contributed by atoms with Gasteiger partial charge in [-0.3, -0.25) is 0 Å². The summed E-state index contributed by atoms with van der Waals surface area (Å²) in [5, 5.41) is 11.7. The molecule has 0 unspecified atom stereocenters. The van der Waals surface area contributed by atoms with E-state index in [0.717, 1.165) is 60.6 Å². The number of para-hydroxylation sites is 2. The molecule has 2 heterocycles. The van der Waals surface area contributed by atoms with Gasteiger partial charge in [-0.1, -0.05) is 158 Å². The molecular formula is C54H32O2. The van der Waals surface area contributed by atoms with Crippen molar-refractivity contribution in [3.63, 3.8) is 0 Å². The first-order valence-corrected chi connectivity index (χ1v) is 19.2. The zero-order valence-electron chi connectivity index (χ0n) is 30.3. The Balaban J connectivity index is 1.08. The second-order valence-corrected chi connectivity index (χ2v) is 14.8. The van der Waals surface area contributed by atoms with Gasteiger partial charge in [-0.05, 0) is 108 Å². The zero-order chi connectivity index (χ0) is 36.7. The van der Waals surface area contributed by atoms with Gasteiger partial charge in [-0.2, -0.15) is 0 Å². The first kappa shape index (κ1) is 31.0. The van der Waals surface area contributed by atoms with Gasteiger partial charge in [-0.25, -0.2) is 0 Å². The number of hydrogen-bond donors (Lipinski definition) is 0. The molecule has 0 saturated heterocycles. The summed E-state index contributed by atoms with van der Waals surface area (Å²) in [6.45, 7) is 0. The van der Waals surface area contributed by atoms with Crippen molar-refractivity contribution in [3.05, 3.63) is 194 Å². The Morgan fingerprint density at radius 3 is 1.59 bits per heavy atom. The van der Waals surface area contributed by atoms with Crippen LogP contribution in [0.2, 0.25) is 0 Å². The van der Waals surface area contributed by atoms with E-state index in [0.29, 0.717) is 0 Å². The predicted octanol–water partition coefficient (Wildman–Crippen LogP) is 15.6. The molecule has 0 aliphatic heterocycles. The molecule has 0 bridgehead atoms. The van der Waals surface area contributed by atoms with Crippen molar-refractivity contribution in [3.8, 4) is 44.5 Å². The highest BCUT2D eigenvalue weighted by Gasteiger charge is 2.21. The number of hydrogen-bond acceptors (Lipinski definition) is 2. The summed E-state index contributed by atoms with van der Waals surface area (Å²) in [6, 6.07) is 69.9. The van der Waals surface area contributed by atoms with Gasteiger partial charge in [-0.15, -0.1) is 0 Å². The topological polar surface area (TPSA) is 26.3 Å². The minimum atomic E-state index is 0.839. The Labute approximate surface area is 322 Å². The largest absolute Gasteiger partial charge is 0.455 e. The summed E-state index contributed by atoms with van der Waals surface area (Å²) in [7, 11) is 0. The van der Waals surface area contributed by atoms with Gasteiger partial charge >= 0.3 is 0 Å². The van der Waals surface area contributed by atoms with Crippen molar-refractivity contribution in [1.29, 1.82) is 0 Å². The van der Waals surface area contributed by atoms with Crippen LogP contribution < -0.4 is 0 Å². The van der Waals surface area contributed by atoms with E-state index in [-0.39, 0.29) is 0 Å². The van der Waals surface area contributed by atoms with Crippen molar-refractivity contribution in [2.24, 2.45) is 0 Å². The fourth-order valence-corrected chi connectivity index (χ4v) is 9.11. The number of fused-ring (bicyclic) bond motifs is 10. The molecule has 0 atom stereocenters. The molecule has 2 aromatic heterocycles. The molecule has 10 aromatic carbocycles. The van der Waals surface area contributed by atoms with Gasteiger partial charge in [0.2, 0.25) is 0 Å². The highest BCUT2D eigenvalue weighted by Crippen LogP contribution is 2.46. The van der Waals surface area contributed by atoms with Crippen molar-refractivity contribution >= 4 is 76.2 Å². The molecule has 2 heteroatoms. The summed E-state index contributed by atoms with van der Waals surface area (Å²) in [5.74, 6) is 0. The van der Waals surface area contributed by atoms with E-state index >= 15 is 0 Å². The van der Waals surface area contributed by atoms with Crippen LogP contribution in [-0.4, -0.2) is 0 Å². The fraction of sp³-hybridized carbons (Fsp3) is 0. The van der Waals surface area contributed by atoms with Crippen LogP contribution in [0.15, 0.2) is 203 Å². The van der Waals surface area contributed by atoms with Gasteiger partial charge in [0.15, 0.2) is 0 Å². The second kappa shape index (κ2) is 12.0. The fourth-order valence-electron chi connectivity index (χ4n) is 9.11. The van der Waals surface area contributed by atoms with E-state index in [2.05, 4.69) is 170 Å². The normalized spacial score (nSPS) is 11.9. The molecule has 0 spiro atoms. The first-order valence-electron chi connectivity index (χ1n) is 19.2. The average Bonchev–Trinajstić information content (AvgIpc) is 3.84. The van der Waals surface area contributed by atoms with Crippen LogP contribution in [0.3, 0.4) is 0 Å². The average molecular weight is 713 g/mol. The van der Waals surface area contributed by atoms with Crippen LogP contribution in [0.5, 0.6) is 0 Å². The van der Waals surface area contributed by atoms with Gasteiger partial charge in [0.05, 0.1) is 5.39 Å².